The number of rotatable bonds is 4. The Morgan fingerprint density at radius 1 is 0.431 bits per heavy atom. The van der Waals surface area contributed by atoms with Crippen molar-refractivity contribution < 1.29 is 38.0 Å². The van der Waals surface area contributed by atoms with E-state index in [0.29, 0.717) is 11.4 Å². The van der Waals surface area contributed by atoms with Gasteiger partial charge in [-0.25, -0.2) is 0 Å². The highest BCUT2D eigenvalue weighted by Gasteiger charge is 2.27. The second-order valence-corrected chi connectivity index (χ2v) is 14.3. The van der Waals surface area contributed by atoms with Gasteiger partial charge in [0.2, 0.25) is 0 Å². The van der Waals surface area contributed by atoms with E-state index in [2.05, 4.69) is 84.5 Å². The minimum atomic E-state index is -1.12. The van der Waals surface area contributed by atoms with Crippen LogP contribution in [0.2, 0.25) is 0 Å². The van der Waals surface area contributed by atoms with Crippen molar-refractivity contribution in [3.63, 3.8) is 0 Å². The first-order chi connectivity index (χ1) is 28.4. The number of amides is 2. The smallest absolute Gasteiger partial charge is 0.261 e. The molecular formula is C48H42N2O8. The average Bonchev–Trinajstić information content (AvgIpc) is 3.24. The lowest BCUT2D eigenvalue weighted by Crippen LogP contribution is -2.35. The fourth-order valence-corrected chi connectivity index (χ4v) is 7.98. The molecular weight excluding hydrogens is 733 g/mol. The fraction of sp³-hybridized carbons (Fsp3) is 0.208. The second-order valence-electron chi connectivity index (χ2n) is 14.3. The summed E-state index contributed by atoms with van der Waals surface area (Å²) < 4.78 is 35.3. The van der Waals surface area contributed by atoms with Gasteiger partial charge in [0.1, 0.15) is 24.7 Å². The van der Waals surface area contributed by atoms with Crippen molar-refractivity contribution in [1.29, 1.82) is 0 Å². The van der Waals surface area contributed by atoms with Gasteiger partial charge >= 0.3 is 0 Å². The molecule has 292 valence electrons. The van der Waals surface area contributed by atoms with Crippen LogP contribution in [-0.2, 0) is 38.0 Å². The molecule has 2 N–H and O–H groups in total. The molecule has 0 aromatic heterocycles. The molecule has 2 amide bonds. The average molecular weight is 775 g/mol. The molecule has 1 saturated heterocycles. The van der Waals surface area contributed by atoms with E-state index in [0.717, 1.165) is 64.6 Å². The van der Waals surface area contributed by atoms with E-state index >= 15 is 0 Å². The number of nitrogens with one attached hydrogen (secondary N) is 2. The summed E-state index contributed by atoms with van der Waals surface area (Å²) in [6, 6.07) is 36.9. The van der Waals surface area contributed by atoms with Crippen LogP contribution >= 0.6 is 0 Å². The van der Waals surface area contributed by atoms with Crippen LogP contribution in [0.1, 0.15) is 0 Å². The van der Waals surface area contributed by atoms with E-state index in [-0.39, 0.29) is 64.4 Å². The third-order valence-corrected chi connectivity index (χ3v) is 10.7. The normalized spacial score (nSPS) is 18.3. The summed E-state index contributed by atoms with van der Waals surface area (Å²) in [7, 11) is 0. The summed E-state index contributed by atoms with van der Waals surface area (Å²) in [6.45, 7) is 9.08. The van der Waals surface area contributed by atoms with Gasteiger partial charge in [-0.15, -0.1) is 0 Å². The molecule has 10 heteroatoms. The van der Waals surface area contributed by atoms with E-state index in [9.17, 15) is 9.59 Å². The van der Waals surface area contributed by atoms with Crippen molar-refractivity contribution in [3.8, 4) is 0 Å². The molecule has 1 aliphatic heterocycles. The van der Waals surface area contributed by atoms with Crippen LogP contribution in [0.4, 0.5) is 11.4 Å². The highest BCUT2D eigenvalue weighted by atomic mass is 16.6. The topological polar surface area (TPSA) is 114 Å². The Labute approximate surface area is 334 Å². The van der Waals surface area contributed by atoms with Crippen LogP contribution < -0.4 is 10.6 Å². The number of hydrogen-bond donors (Lipinski definition) is 2. The predicted molar refractivity (Wildman–Crippen MR) is 229 cm³/mol. The number of anilines is 2. The van der Waals surface area contributed by atoms with Crippen LogP contribution in [0.3, 0.4) is 0 Å². The van der Waals surface area contributed by atoms with E-state index in [1.54, 1.807) is 0 Å². The minimum Gasteiger partial charge on any atom is -0.493 e. The largest absolute Gasteiger partial charge is 0.493 e. The Morgan fingerprint density at radius 2 is 0.776 bits per heavy atom. The zero-order valence-corrected chi connectivity index (χ0v) is 31.9. The first kappa shape index (κ1) is 37.3. The van der Waals surface area contributed by atoms with Crippen LogP contribution in [0, 0.1) is 0 Å². The van der Waals surface area contributed by atoms with Crippen molar-refractivity contribution in [1.82, 2.24) is 0 Å². The van der Waals surface area contributed by atoms with Crippen LogP contribution in [-0.4, -0.2) is 76.9 Å². The number of carbonyl (C=O) groups is 2. The highest BCUT2D eigenvalue weighted by Crippen LogP contribution is 2.39. The Kier molecular flexibility index (Phi) is 10.5. The van der Waals surface area contributed by atoms with Gasteiger partial charge < -0.3 is 39.1 Å². The van der Waals surface area contributed by atoms with Crippen molar-refractivity contribution >= 4 is 87.8 Å². The van der Waals surface area contributed by atoms with E-state index in [1.165, 1.54) is 0 Å². The van der Waals surface area contributed by atoms with Gasteiger partial charge in [0, 0.05) is 22.1 Å². The molecule has 10 nitrogen and oxygen atoms in total. The summed E-state index contributed by atoms with van der Waals surface area (Å²) in [5.41, 5.74) is 1.32. The first-order valence-electron chi connectivity index (χ1n) is 19.4. The number of benzene rings is 8. The molecule has 1 heterocycles. The molecule has 8 aromatic carbocycles. The standard InChI is InChI=1S/C48H42N2O8/c1-29-45(47(51)49-39-19-15-35-11-9-31-5-3-7-33-13-17-37(39)43(35)41(31)33)57-27-23-54-22-26-56-30(2)46(58-28-24-53-21-25-55-29)48(52)50-40-20-16-36-12-10-32-6-4-8-34-14-18-38(40)44(36)42(32)34/h3-20,45-46H,1-2,21-28H2,(H,49,51)(H,50,52)/t45-,46-/m0/s1. The van der Waals surface area contributed by atoms with Crippen LogP contribution in [0.15, 0.2) is 134 Å². The summed E-state index contributed by atoms with van der Waals surface area (Å²) >= 11 is 0. The summed E-state index contributed by atoms with van der Waals surface area (Å²) in [5.74, 6) is -0.566. The number of hydrogen-bond acceptors (Lipinski definition) is 8. The van der Waals surface area contributed by atoms with Crippen LogP contribution in [0.25, 0.3) is 64.6 Å². The lowest BCUT2D eigenvalue weighted by molar-refractivity contribution is -0.131. The van der Waals surface area contributed by atoms with E-state index < -0.39 is 24.0 Å². The molecule has 58 heavy (non-hydrogen) atoms. The molecule has 9 rings (SSSR count). The lowest BCUT2D eigenvalue weighted by Gasteiger charge is -2.23. The zero-order valence-electron chi connectivity index (χ0n) is 31.9. The van der Waals surface area contributed by atoms with Gasteiger partial charge in [-0.3, -0.25) is 9.59 Å². The molecule has 0 unspecified atom stereocenters. The Bertz CT molecular complexity index is 2590. The monoisotopic (exact) mass is 774 g/mol. The maximum Gasteiger partial charge on any atom is 0.261 e. The van der Waals surface area contributed by atoms with Crippen molar-refractivity contribution in [2.24, 2.45) is 0 Å². The number of carbonyl (C=O) groups excluding carboxylic acids is 2. The van der Waals surface area contributed by atoms with Crippen molar-refractivity contribution in [3.05, 3.63) is 134 Å². The summed E-state index contributed by atoms with van der Waals surface area (Å²) in [5, 5.41) is 19.2. The molecule has 0 saturated carbocycles. The SMILES string of the molecule is C=C1OCCOCCO[C@H](C(=O)Nc2ccc3ccc4cccc5ccc2c3c45)C(=C)OCCOCCO[C@@H]1C(=O)Nc1ccc2ccc3cccc4ccc1c2c34. The van der Waals surface area contributed by atoms with Crippen molar-refractivity contribution in [2.75, 3.05) is 63.5 Å². The molecule has 0 bridgehead atoms. The second kappa shape index (κ2) is 16.3. The third-order valence-electron chi connectivity index (χ3n) is 10.7. The van der Waals surface area contributed by atoms with E-state index in [1.807, 2.05) is 48.5 Å². The van der Waals surface area contributed by atoms with Gasteiger partial charge in [-0.1, -0.05) is 110 Å². The number of ether oxygens (including phenoxy) is 6. The van der Waals surface area contributed by atoms with Gasteiger partial charge in [-0.2, -0.15) is 0 Å². The van der Waals surface area contributed by atoms with Crippen molar-refractivity contribution in [2.45, 2.75) is 12.2 Å². The van der Waals surface area contributed by atoms with E-state index in [4.69, 9.17) is 28.4 Å². The Morgan fingerprint density at radius 3 is 1.19 bits per heavy atom. The minimum absolute atomic E-state index is 0.0733. The quantitative estimate of drug-likeness (QED) is 0.171. The van der Waals surface area contributed by atoms with Crippen LogP contribution in [0.5, 0.6) is 0 Å². The third kappa shape index (κ3) is 7.23. The van der Waals surface area contributed by atoms with Gasteiger partial charge in [0.15, 0.2) is 12.2 Å². The molecule has 0 radical (unpaired) electrons. The van der Waals surface area contributed by atoms with Gasteiger partial charge in [-0.05, 0) is 66.0 Å². The first-order valence-corrected chi connectivity index (χ1v) is 19.4. The maximum absolute atomic E-state index is 13.8. The molecule has 2 atom stereocenters. The Balaban J connectivity index is 0.847. The molecule has 1 aliphatic rings. The van der Waals surface area contributed by atoms with Gasteiger partial charge in [0.05, 0.1) is 39.6 Å². The zero-order chi connectivity index (χ0) is 39.6. The Hall–Kier alpha value is -6.30. The molecule has 1 fully saturated rings. The molecule has 0 aliphatic carbocycles. The lowest BCUT2D eigenvalue weighted by atomic mass is 9.93. The predicted octanol–water partition coefficient (Wildman–Crippen LogP) is 8.94. The summed E-state index contributed by atoms with van der Waals surface area (Å²) in [4.78, 5) is 27.6. The van der Waals surface area contributed by atoms with Gasteiger partial charge in [0.25, 0.3) is 11.8 Å². The highest BCUT2D eigenvalue weighted by molar-refractivity contribution is 6.27. The maximum atomic E-state index is 13.8. The molecule has 8 aromatic rings. The summed E-state index contributed by atoms with van der Waals surface area (Å²) in [6.07, 6.45) is -2.24. The fourth-order valence-electron chi connectivity index (χ4n) is 7.98. The molecule has 0 spiro atoms.